The molecular weight excluding hydrogens is 326 g/mol. The Kier molecular flexibility index (Phi) is 5.30. The van der Waals surface area contributed by atoms with Crippen LogP contribution in [-0.4, -0.2) is 21.3 Å². The van der Waals surface area contributed by atoms with Crippen molar-refractivity contribution in [1.82, 2.24) is 14.8 Å². The molecular formula is C20H21N5O. The maximum Gasteiger partial charge on any atom is 0.217 e. The molecule has 0 bridgehead atoms. The predicted molar refractivity (Wildman–Crippen MR) is 99.8 cm³/mol. The number of aromatic nitrogens is 3. The molecule has 1 aromatic carbocycles. The molecule has 0 unspecified atom stereocenters. The Labute approximate surface area is 152 Å². The van der Waals surface area contributed by atoms with Gasteiger partial charge in [0.2, 0.25) is 5.88 Å². The minimum absolute atomic E-state index is 0.529. The van der Waals surface area contributed by atoms with E-state index in [1.54, 1.807) is 16.8 Å². The topological polar surface area (TPSA) is 89.7 Å². The summed E-state index contributed by atoms with van der Waals surface area (Å²) in [5, 5.41) is 13.6. The average molecular weight is 347 g/mol. The molecule has 0 radical (unpaired) electrons. The highest BCUT2D eigenvalue weighted by molar-refractivity contribution is 5.69. The lowest BCUT2D eigenvalue weighted by atomic mass is 10.1. The van der Waals surface area contributed by atoms with Gasteiger partial charge in [-0.1, -0.05) is 13.0 Å². The van der Waals surface area contributed by atoms with Crippen molar-refractivity contribution < 1.29 is 4.74 Å². The van der Waals surface area contributed by atoms with Crippen LogP contribution in [0.2, 0.25) is 0 Å². The lowest BCUT2D eigenvalue weighted by Crippen LogP contribution is -2.03. The zero-order chi connectivity index (χ0) is 18.5. The van der Waals surface area contributed by atoms with Crippen molar-refractivity contribution in [3.05, 3.63) is 59.4 Å². The lowest BCUT2D eigenvalue weighted by Gasteiger charge is -2.11. The maximum absolute atomic E-state index is 9.23. The molecule has 2 aromatic heterocycles. The van der Waals surface area contributed by atoms with Crippen molar-refractivity contribution in [1.29, 1.82) is 5.26 Å². The Bertz CT molecular complexity index is 938. The van der Waals surface area contributed by atoms with E-state index in [4.69, 9.17) is 10.5 Å². The Morgan fingerprint density at radius 2 is 2.08 bits per heavy atom. The zero-order valence-electron chi connectivity index (χ0n) is 14.9. The Morgan fingerprint density at radius 3 is 2.69 bits per heavy atom. The second-order valence-corrected chi connectivity index (χ2v) is 5.97. The summed E-state index contributed by atoms with van der Waals surface area (Å²) in [4.78, 5) is 4.53. The molecule has 0 amide bonds. The standard InChI is InChI=1S/C20H21N5O/c1-3-16-11-20(25(2)24-16)26-19-10-15(12-22)4-6-17(19)18-7-5-14(8-9-21)13-23-18/h4-7,10-11,13H,3,8-9,21H2,1-2H3. The number of nitrogens with two attached hydrogens (primary N) is 1. The van der Waals surface area contributed by atoms with Crippen molar-refractivity contribution in [3.63, 3.8) is 0 Å². The highest BCUT2D eigenvalue weighted by Gasteiger charge is 2.13. The molecule has 0 saturated carbocycles. The van der Waals surface area contributed by atoms with Crippen molar-refractivity contribution >= 4 is 0 Å². The Morgan fingerprint density at radius 1 is 1.23 bits per heavy atom. The van der Waals surface area contributed by atoms with Crippen molar-refractivity contribution in [2.24, 2.45) is 12.8 Å². The number of nitrogens with zero attached hydrogens (tertiary/aromatic N) is 4. The number of ether oxygens (including phenoxy) is 1. The summed E-state index contributed by atoms with van der Waals surface area (Å²) >= 11 is 0. The number of aryl methyl sites for hydroxylation is 2. The second kappa shape index (κ2) is 7.81. The van der Waals surface area contributed by atoms with Gasteiger partial charge in [-0.3, -0.25) is 4.98 Å². The maximum atomic E-state index is 9.23. The smallest absolute Gasteiger partial charge is 0.217 e. The van der Waals surface area contributed by atoms with Gasteiger partial charge in [-0.05, 0) is 49.2 Å². The molecule has 26 heavy (non-hydrogen) atoms. The van der Waals surface area contributed by atoms with Gasteiger partial charge >= 0.3 is 0 Å². The number of benzene rings is 1. The summed E-state index contributed by atoms with van der Waals surface area (Å²) in [6.07, 6.45) is 3.44. The molecule has 132 valence electrons. The fraction of sp³-hybridized carbons (Fsp3) is 0.250. The number of pyridine rings is 1. The van der Waals surface area contributed by atoms with E-state index >= 15 is 0 Å². The first-order valence-corrected chi connectivity index (χ1v) is 8.55. The van der Waals surface area contributed by atoms with Crippen LogP contribution in [-0.2, 0) is 19.9 Å². The lowest BCUT2D eigenvalue weighted by molar-refractivity contribution is 0.432. The molecule has 0 atom stereocenters. The molecule has 0 aliphatic carbocycles. The van der Waals surface area contributed by atoms with Crippen molar-refractivity contribution in [2.45, 2.75) is 19.8 Å². The molecule has 3 aromatic rings. The molecule has 0 aliphatic rings. The van der Waals surface area contributed by atoms with Crippen LogP contribution < -0.4 is 10.5 Å². The number of hydrogen-bond acceptors (Lipinski definition) is 5. The van der Waals surface area contributed by atoms with E-state index in [1.807, 2.05) is 44.4 Å². The first-order valence-electron chi connectivity index (χ1n) is 8.55. The van der Waals surface area contributed by atoms with Gasteiger partial charge in [-0.25, -0.2) is 4.68 Å². The van der Waals surface area contributed by atoms with Crippen LogP contribution in [0.1, 0.15) is 23.7 Å². The van der Waals surface area contributed by atoms with Gasteiger partial charge in [-0.2, -0.15) is 10.4 Å². The quantitative estimate of drug-likeness (QED) is 0.739. The summed E-state index contributed by atoms with van der Waals surface area (Å²) in [7, 11) is 1.84. The third-order valence-corrected chi connectivity index (χ3v) is 4.11. The molecule has 0 aliphatic heterocycles. The highest BCUT2D eigenvalue weighted by Crippen LogP contribution is 2.33. The average Bonchev–Trinajstić information content (AvgIpc) is 3.02. The van der Waals surface area contributed by atoms with Crippen LogP contribution in [0.4, 0.5) is 0 Å². The number of rotatable bonds is 6. The number of nitriles is 1. The Hall–Kier alpha value is -3.17. The van der Waals surface area contributed by atoms with Crippen molar-refractivity contribution in [2.75, 3.05) is 6.54 Å². The Balaban J connectivity index is 2.00. The minimum Gasteiger partial charge on any atom is -0.439 e. The van der Waals surface area contributed by atoms with Gasteiger partial charge in [0.15, 0.2) is 0 Å². The van der Waals surface area contributed by atoms with Crippen LogP contribution >= 0.6 is 0 Å². The summed E-state index contributed by atoms with van der Waals surface area (Å²) < 4.78 is 7.78. The normalized spacial score (nSPS) is 10.5. The fourth-order valence-electron chi connectivity index (χ4n) is 2.67. The first-order chi connectivity index (χ1) is 12.6. The highest BCUT2D eigenvalue weighted by atomic mass is 16.5. The molecule has 6 nitrogen and oxygen atoms in total. The van der Waals surface area contributed by atoms with E-state index in [-0.39, 0.29) is 0 Å². The van der Waals surface area contributed by atoms with E-state index in [0.29, 0.717) is 23.7 Å². The fourth-order valence-corrected chi connectivity index (χ4v) is 2.67. The molecule has 3 rings (SSSR count). The van der Waals surface area contributed by atoms with Gasteiger partial charge in [0.25, 0.3) is 0 Å². The van der Waals surface area contributed by atoms with Crippen LogP contribution in [0.3, 0.4) is 0 Å². The summed E-state index contributed by atoms with van der Waals surface area (Å²) in [6.45, 7) is 2.63. The van der Waals surface area contributed by atoms with Crippen LogP contribution in [0.5, 0.6) is 11.6 Å². The summed E-state index contributed by atoms with van der Waals surface area (Å²) in [6, 6.07) is 13.4. The molecule has 0 fully saturated rings. The van der Waals surface area contributed by atoms with E-state index in [9.17, 15) is 5.26 Å². The molecule has 2 heterocycles. The van der Waals surface area contributed by atoms with Gasteiger partial charge in [0, 0.05) is 24.9 Å². The molecule has 6 heteroatoms. The van der Waals surface area contributed by atoms with Crippen LogP contribution in [0.15, 0.2) is 42.6 Å². The summed E-state index contributed by atoms with van der Waals surface area (Å²) in [5.41, 5.74) is 9.76. The first kappa shape index (κ1) is 17.6. The molecule has 0 spiro atoms. The molecule has 2 N–H and O–H groups in total. The van der Waals surface area contributed by atoms with E-state index < -0.39 is 0 Å². The summed E-state index contributed by atoms with van der Waals surface area (Å²) in [5.74, 6) is 1.20. The van der Waals surface area contributed by atoms with E-state index in [0.717, 1.165) is 35.4 Å². The van der Waals surface area contributed by atoms with Gasteiger partial charge in [0.05, 0.1) is 23.0 Å². The van der Waals surface area contributed by atoms with E-state index in [2.05, 4.69) is 16.2 Å². The third kappa shape index (κ3) is 3.73. The third-order valence-electron chi connectivity index (χ3n) is 4.11. The largest absolute Gasteiger partial charge is 0.439 e. The van der Waals surface area contributed by atoms with Gasteiger partial charge in [-0.15, -0.1) is 0 Å². The van der Waals surface area contributed by atoms with Gasteiger partial charge in [0.1, 0.15) is 5.75 Å². The minimum atomic E-state index is 0.529. The number of hydrogen-bond donors (Lipinski definition) is 1. The van der Waals surface area contributed by atoms with Crippen molar-refractivity contribution in [3.8, 4) is 29.0 Å². The second-order valence-electron chi connectivity index (χ2n) is 5.97. The van der Waals surface area contributed by atoms with E-state index in [1.165, 1.54) is 0 Å². The van der Waals surface area contributed by atoms with Crippen LogP contribution in [0, 0.1) is 11.3 Å². The van der Waals surface area contributed by atoms with Crippen LogP contribution in [0.25, 0.3) is 11.3 Å². The zero-order valence-corrected chi connectivity index (χ0v) is 14.9. The predicted octanol–water partition coefficient (Wildman–Crippen LogP) is 3.21. The molecule has 0 saturated heterocycles. The SMILES string of the molecule is CCc1cc(Oc2cc(C#N)ccc2-c2ccc(CCN)cn2)n(C)n1. The van der Waals surface area contributed by atoms with Gasteiger partial charge < -0.3 is 10.5 Å². The monoisotopic (exact) mass is 347 g/mol.